The molecule has 0 bridgehead atoms. The third-order valence-corrected chi connectivity index (χ3v) is 6.57. The molecule has 0 atom stereocenters. The van der Waals surface area contributed by atoms with E-state index in [4.69, 9.17) is 42.6 Å². The topological polar surface area (TPSA) is 93.9 Å². The van der Waals surface area contributed by atoms with Crippen molar-refractivity contribution in [3.05, 3.63) is 108 Å². The van der Waals surface area contributed by atoms with Crippen LogP contribution in [0, 0.1) is 0 Å². The van der Waals surface area contributed by atoms with E-state index in [0.29, 0.717) is 90.9 Å². The van der Waals surface area contributed by atoms with E-state index >= 15 is 0 Å². The maximum Gasteiger partial charge on any atom is 0.298 e. The van der Waals surface area contributed by atoms with E-state index in [1.807, 2.05) is 66.7 Å². The Labute approximate surface area is 265 Å². The Morgan fingerprint density at radius 3 is 1.73 bits per heavy atom. The van der Waals surface area contributed by atoms with Gasteiger partial charge in [-0.1, -0.05) is 54.6 Å². The van der Waals surface area contributed by atoms with Crippen molar-refractivity contribution < 1.29 is 37.6 Å². The minimum Gasteiger partial charge on any atom is -0.491 e. The average molecular weight is 621 g/mol. The fourth-order valence-electron chi connectivity index (χ4n) is 4.37. The Morgan fingerprint density at radius 1 is 0.578 bits per heavy atom. The smallest absolute Gasteiger partial charge is 0.298 e. The molecule has 10 nitrogen and oxygen atoms in total. The summed E-state index contributed by atoms with van der Waals surface area (Å²) in [4.78, 5) is 6.81. The molecule has 0 aliphatic heterocycles. The van der Waals surface area contributed by atoms with Crippen molar-refractivity contribution >= 4 is 6.01 Å². The Balaban J connectivity index is 1.29. The van der Waals surface area contributed by atoms with Crippen molar-refractivity contribution in [1.29, 1.82) is 0 Å². The van der Waals surface area contributed by atoms with Gasteiger partial charge in [-0.15, -0.1) is 0 Å². The SMILES string of the molecule is COCCOc1cccc(CN(Cc2cccc(OCCOC)c2)c2nc(COCCOCCOCc3ccccc3)co2)c1. The van der Waals surface area contributed by atoms with Crippen molar-refractivity contribution in [2.75, 3.05) is 72.0 Å². The third kappa shape index (κ3) is 12.9. The molecule has 1 heterocycles. The molecule has 0 amide bonds. The molecule has 45 heavy (non-hydrogen) atoms. The first-order valence-electron chi connectivity index (χ1n) is 15.1. The van der Waals surface area contributed by atoms with Crippen LogP contribution >= 0.6 is 0 Å². The molecule has 4 aromatic rings. The van der Waals surface area contributed by atoms with Gasteiger partial charge in [-0.25, -0.2) is 0 Å². The molecule has 0 aliphatic rings. The summed E-state index contributed by atoms with van der Waals surface area (Å²) in [7, 11) is 3.31. The summed E-state index contributed by atoms with van der Waals surface area (Å²) in [5, 5.41) is 0. The lowest BCUT2D eigenvalue weighted by Crippen LogP contribution is -2.22. The van der Waals surface area contributed by atoms with Gasteiger partial charge in [0.1, 0.15) is 36.7 Å². The Hall–Kier alpha value is -3.93. The van der Waals surface area contributed by atoms with Crippen molar-refractivity contribution in [2.45, 2.75) is 26.3 Å². The molecule has 1 aromatic heterocycles. The standard InChI is InChI=1S/C35H44N2O8/c1-38-14-20-43-33-12-6-10-30(22-33)24-37(25-31-11-7-13-34(23-31)44-21-15-39-2)35-36-32(28-45-35)27-42-19-17-40-16-18-41-26-29-8-4-3-5-9-29/h3-13,22-23,28H,14-21,24-27H2,1-2H3. The Morgan fingerprint density at radius 2 is 1.13 bits per heavy atom. The Bertz CT molecular complexity index is 1290. The average Bonchev–Trinajstić information content (AvgIpc) is 3.54. The van der Waals surface area contributed by atoms with Crippen LogP contribution in [0.5, 0.6) is 11.5 Å². The second-order valence-corrected chi connectivity index (χ2v) is 10.2. The minimum atomic E-state index is 0.316. The highest BCUT2D eigenvalue weighted by molar-refractivity contribution is 5.37. The van der Waals surface area contributed by atoms with Crippen LogP contribution in [0.2, 0.25) is 0 Å². The van der Waals surface area contributed by atoms with Gasteiger partial charge in [0.15, 0.2) is 0 Å². The minimum absolute atomic E-state index is 0.316. The largest absolute Gasteiger partial charge is 0.491 e. The molecule has 10 heteroatoms. The first kappa shape index (κ1) is 34.0. The lowest BCUT2D eigenvalue weighted by atomic mass is 10.1. The van der Waals surface area contributed by atoms with Gasteiger partial charge in [-0.05, 0) is 41.0 Å². The van der Waals surface area contributed by atoms with Crippen molar-refractivity contribution in [3.63, 3.8) is 0 Å². The number of aromatic nitrogens is 1. The number of nitrogens with zero attached hydrogens (tertiary/aromatic N) is 2. The molecule has 0 saturated heterocycles. The molecular weight excluding hydrogens is 576 g/mol. The molecule has 3 aromatic carbocycles. The van der Waals surface area contributed by atoms with E-state index in [-0.39, 0.29) is 0 Å². The van der Waals surface area contributed by atoms with Crippen LogP contribution < -0.4 is 14.4 Å². The number of benzene rings is 3. The van der Waals surface area contributed by atoms with Crippen LogP contribution in [-0.2, 0) is 50.0 Å². The predicted molar refractivity (Wildman–Crippen MR) is 171 cm³/mol. The lowest BCUT2D eigenvalue weighted by Gasteiger charge is -2.21. The molecule has 0 aliphatic carbocycles. The number of anilines is 1. The van der Waals surface area contributed by atoms with E-state index < -0.39 is 0 Å². The molecule has 0 saturated carbocycles. The highest BCUT2D eigenvalue weighted by atomic mass is 16.5. The number of oxazole rings is 1. The summed E-state index contributed by atoms with van der Waals surface area (Å²) < 4.78 is 44.9. The fraction of sp³-hybridized carbons (Fsp3) is 0.400. The zero-order chi connectivity index (χ0) is 31.4. The highest BCUT2D eigenvalue weighted by Gasteiger charge is 2.16. The molecule has 0 unspecified atom stereocenters. The quantitative estimate of drug-likeness (QED) is 0.0964. The van der Waals surface area contributed by atoms with Crippen LogP contribution in [0.1, 0.15) is 22.4 Å². The van der Waals surface area contributed by atoms with Crippen molar-refractivity contribution in [1.82, 2.24) is 4.98 Å². The summed E-state index contributed by atoms with van der Waals surface area (Å²) in [6.45, 7) is 5.96. The van der Waals surface area contributed by atoms with E-state index in [9.17, 15) is 0 Å². The molecule has 0 spiro atoms. The number of rotatable bonds is 23. The van der Waals surface area contributed by atoms with Crippen molar-refractivity contribution in [3.8, 4) is 11.5 Å². The van der Waals surface area contributed by atoms with E-state index in [1.54, 1.807) is 20.5 Å². The van der Waals surface area contributed by atoms with Gasteiger partial charge in [0.2, 0.25) is 0 Å². The normalized spacial score (nSPS) is 11.1. The second-order valence-electron chi connectivity index (χ2n) is 10.2. The molecule has 0 radical (unpaired) electrons. The van der Waals surface area contributed by atoms with Gasteiger partial charge >= 0.3 is 0 Å². The number of hydrogen-bond acceptors (Lipinski definition) is 10. The van der Waals surface area contributed by atoms with Gasteiger partial charge in [0, 0.05) is 27.3 Å². The zero-order valence-corrected chi connectivity index (χ0v) is 26.2. The van der Waals surface area contributed by atoms with E-state index in [1.165, 1.54) is 0 Å². The summed E-state index contributed by atoms with van der Waals surface area (Å²) in [6, 6.07) is 26.6. The molecular formula is C35H44N2O8. The van der Waals surface area contributed by atoms with Crippen molar-refractivity contribution in [2.24, 2.45) is 0 Å². The number of ether oxygens (including phenoxy) is 7. The second kappa shape index (κ2) is 20.2. The predicted octanol–water partition coefficient (Wildman–Crippen LogP) is 5.68. The van der Waals surface area contributed by atoms with Gasteiger partial charge in [-0.2, -0.15) is 4.98 Å². The number of hydrogen-bond donors (Lipinski definition) is 0. The van der Waals surface area contributed by atoms with E-state index in [2.05, 4.69) is 17.0 Å². The highest BCUT2D eigenvalue weighted by Crippen LogP contribution is 2.24. The van der Waals surface area contributed by atoms with Crippen LogP contribution in [0.4, 0.5) is 6.01 Å². The first-order valence-corrected chi connectivity index (χ1v) is 15.1. The third-order valence-electron chi connectivity index (χ3n) is 6.57. The summed E-state index contributed by atoms with van der Waals surface area (Å²) in [5.74, 6) is 1.56. The van der Waals surface area contributed by atoms with Gasteiger partial charge in [0.05, 0.1) is 52.9 Å². The molecule has 0 N–H and O–H groups in total. The van der Waals surface area contributed by atoms with Gasteiger partial charge < -0.3 is 42.5 Å². The number of methoxy groups -OCH3 is 2. The van der Waals surface area contributed by atoms with Crippen LogP contribution in [0.15, 0.2) is 89.5 Å². The first-order chi connectivity index (χ1) is 22.2. The van der Waals surface area contributed by atoms with Gasteiger partial charge in [-0.3, -0.25) is 0 Å². The van der Waals surface area contributed by atoms with Crippen LogP contribution in [0.3, 0.4) is 0 Å². The summed E-state index contributed by atoms with van der Waals surface area (Å²) in [5.41, 5.74) is 3.96. The van der Waals surface area contributed by atoms with E-state index in [0.717, 1.165) is 28.2 Å². The molecule has 4 rings (SSSR count). The zero-order valence-electron chi connectivity index (χ0n) is 26.2. The van der Waals surface area contributed by atoms with Gasteiger partial charge in [0.25, 0.3) is 6.01 Å². The summed E-state index contributed by atoms with van der Waals surface area (Å²) >= 11 is 0. The Kier molecular flexibility index (Phi) is 15.2. The lowest BCUT2D eigenvalue weighted by molar-refractivity contribution is 0.00652. The maximum atomic E-state index is 5.94. The van der Waals surface area contributed by atoms with Crippen LogP contribution in [-0.4, -0.2) is 72.1 Å². The molecule has 0 fully saturated rings. The maximum absolute atomic E-state index is 5.94. The molecule has 242 valence electrons. The summed E-state index contributed by atoms with van der Waals surface area (Å²) in [6.07, 6.45) is 1.63. The monoisotopic (exact) mass is 620 g/mol. The van der Waals surface area contributed by atoms with Crippen LogP contribution in [0.25, 0.3) is 0 Å². The fourth-order valence-corrected chi connectivity index (χ4v) is 4.37.